The quantitative estimate of drug-likeness (QED) is 0.556. The average Bonchev–Trinajstić information content (AvgIpc) is 3.36. The summed E-state index contributed by atoms with van der Waals surface area (Å²) >= 11 is 1.40. The van der Waals surface area contributed by atoms with Gasteiger partial charge in [0, 0.05) is 43.0 Å². The summed E-state index contributed by atoms with van der Waals surface area (Å²) < 4.78 is 0. The predicted octanol–water partition coefficient (Wildman–Crippen LogP) is 4.17. The molecule has 1 aromatic heterocycles. The van der Waals surface area contributed by atoms with Crippen LogP contribution in [0.25, 0.3) is 5.57 Å². The number of hydrogen-bond donors (Lipinski definition) is 2. The van der Waals surface area contributed by atoms with Gasteiger partial charge in [-0.05, 0) is 60.0 Å². The normalized spacial score (nSPS) is 13.5. The van der Waals surface area contributed by atoms with Crippen LogP contribution >= 0.6 is 11.3 Å². The number of benzene rings is 2. The molecule has 2 aromatic carbocycles. The molecule has 0 bridgehead atoms. The van der Waals surface area contributed by atoms with Gasteiger partial charge in [0.05, 0.1) is 11.3 Å². The molecule has 4 rings (SSSR count). The van der Waals surface area contributed by atoms with Crippen molar-refractivity contribution in [2.24, 2.45) is 0 Å². The molecule has 2 N–H and O–H groups in total. The van der Waals surface area contributed by atoms with Crippen LogP contribution in [0.15, 0.2) is 71.7 Å². The van der Waals surface area contributed by atoms with E-state index in [1.807, 2.05) is 60.8 Å². The Morgan fingerprint density at radius 2 is 1.56 bits per heavy atom. The van der Waals surface area contributed by atoms with E-state index in [4.69, 9.17) is 0 Å². The minimum atomic E-state index is -0.428. The summed E-state index contributed by atoms with van der Waals surface area (Å²) in [6.07, 6.45) is 0. The van der Waals surface area contributed by atoms with Gasteiger partial charge in [-0.3, -0.25) is 14.4 Å². The maximum atomic E-state index is 13.4. The molecular formula is C24H22N4O3S. The molecule has 32 heavy (non-hydrogen) atoms. The third-order valence-corrected chi connectivity index (χ3v) is 5.84. The van der Waals surface area contributed by atoms with Crippen LogP contribution < -0.4 is 20.4 Å². The monoisotopic (exact) mass is 446 g/mol. The Morgan fingerprint density at radius 3 is 2.12 bits per heavy atom. The van der Waals surface area contributed by atoms with Crippen molar-refractivity contribution in [1.29, 1.82) is 0 Å². The SMILES string of the molecule is CC(=O)Nc1ccc(N2C(=O)C(Nc3ccc(N(C)C)cc3)=C(c3cccs3)C2=O)cc1. The lowest BCUT2D eigenvalue weighted by atomic mass is 10.1. The topological polar surface area (TPSA) is 81.8 Å². The van der Waals surface area contributed by atoms with Crippen LogP contribution in [0.3, 0.4) is 0 Å². The molecule has 0 saturated carbocycles. The summed E-state index contributed by atoms with van der Waals surface area (Å²) in [6.45, 7) is 1.42. The Morgan fingerprint density at radius 1 is 0.906 bits per heavy atom. The van der Waals surface area contributed by atoms with Crippen molar-refractivity contribution >= 4 is 57.4 Å². The lowest BCUT2D eigenvalue weighted by Gasteiger charge is -2.16. The van der Waals surface area contributed by atoms with E-state index < -0.39 is 11.8 Å². The zero-order valence-electron chi connectivity index (χ0n) is 17.9. The fourth-order valence-corrected chi connectivity index (χ4v) is 4.18. The molecule has 1 aliphatic rings. The van der Waals surface area contributed by atoms with Crippen LogP contribution in [0.2, 0.25) is 0 Å². The minimum absolute atomic E-state index is 0.195. The van der Waals surface area contributed by atoms with E-state index in [1.54, 1.807) is 24.3 Å². The first-order valence-corrected chi connectivity index (χ1v) is 10.8. The second kappa shape index (κ2) is 8.68. The Kier molecular flexibility index (Phi) is 5.79. The van der Waals surface area contributed by atoms with Gasteiger partial charge in [0.2, 0.25) is 5.91 Å². The fourth-order valence-electron chi connectivity index (χ4n) is 3.41. The zero-order valence-corrected chi connectivity index (χ0v) is 18.7. The van der Waals surface area contributed by atoms with E-state index in [1.165, 1.54) is 18.3 Å². The number of amides is 3. The number of hydrogen-bond acceptors (Lipinski definition) is 6. The number of carbonyl (C=O) groups excluding carboxylic acids is 3. The van der Waals surface area contributed by atoms with Crippen molar-refractivity contribution in [3.05, 3.63) is 76.6 Å². The first-order chi connectivity index (χ1) is 15.3. The Balaban J connectivity index is 1.68. The van der Waals surface area contributed by atoms with Crippen molar-refractivity contribution in [3.8, 4) is 0 Å². The number of nitrogens with one attached hydrogen (secondary N) is 2. The maximum Gasteiger partial charge on any atom is 0.282 e. The van der Waals surface area contributed by atoms with E-state index in [0.717, 1.165) is 10.6 Å². The van der Waals surface area contributed by atoms with Crippen molar-refractivity contribution in [3.63, 3.8) is 0 Å². The van der Waals surface area contributed by atoms with Crippen LogP contribution in [-0.2, 0) is 14.4 Å². The molecule has 0 saturated heterocycles. The largest absolute Gasteiger partial charge is 0.378 e. The first-order valence-electron chi connectivity index (χ1n) is 9.94. The molecule has 0 radical (unpaired) electrons. The van der Waals surface area contributed by atoms with Gasteiger partial charge in [-0.2, -0.15) is 0 Å². The molecule has 8 heteroatoms. The number of thiophene rings is 1. The molecule has 162 valence electrons. The van der Waals surface area contributed by atoms with E-state index >= 15 is 0 Å². The highest BCUT2D eigenvalue weighted by atomic mass is 32.1. The second-order valence-corrected chi connectivity index (χ2v) is 8.42. The van der Waals surface area contributed by atoms with Crippen LogP contribution in [0.4, 0.5) is 22.7 Å². The lowest BCUT2D eigenvalue weighted by molar-refractivity contribution is -0.120. The summed E-state index contributed by atoms with van der Waals surface area (Å²) in [4.78, 5) is 41.9. The molecule has 0 aliphatic carbocycles. The third-order valence-electron chi connectivity index (χ3n) is 4.95. The number of carbonyl (C=O) groups is 3. The predicted molar refractivity (Wildman–Crippen MR) is 129 cm³/mol. The molecule has 0 fully saturated rings. The Hall–Kier alpha value is -3.91. The van der Waals surface area contributed by atoms with Crippen LogP contribution in [0.5, 0.6) is 0 Å². The van der Waals surface area contributed by atoms with Crippen molar-refractivity contribution < 1.29 is 14.4 Å². The summed E-state index contributed by atoms with van der Waals surface area (Å²) in [7, 11) is 3.90. The van der Waals surface area contributed by atoms with Crippen LogP contribution in [0.1, 0.15) is 11.8 Å². The summed E-state index contributed by atoms with van der Waals surface area (Å²) in [5.74, 6) is -1.01. The Labute approximate surface area is 190 Å². The smallest absolute Gasteiger partial charge is 0.282 e. The minimum Gasteiger partial charge on any atom is -0.378 e. The highest BCUT2D eigenvalue weighted by molar-refractivity contribution is 7.11. The molecule has 0 atom stereocenters. The molecular weight excluding hydrogens is 424 g/mol. The highest BCUT2D eigenvalue weighted by Crippen LogP contribution is 2.36. The lowest BCUT2D eigenvalue weighted by Crippen LogP contribution is -2.32. The van der Waals surface area contributed by atoms with Gasteiger partial charge in [-0.15, -0.1) is 11.3 Å². The number of imide groups is 1. The number of rotatable bonds is 6. The first kappa shape index (κ1) is 21.3. The average molecular weight is 447 g/mol. The standard InChI is InChI=1S/C24H22N4O3S/c1-15(29)25-16-8-12-19(13-9-16)28-23(30)21(20-5-4-14-32-20)22(24(28)31)26-17-6-10-18(11-7-17)27(2)3/h4-14,26H,1-3H3,(H,25,29). The summed E-state index contributed by atoms with van der Waals surface area (Å²) in [5.41, 5.74) is 3.34. The van der Waals surface area contributed by atoms with Crippen LogP contribution in [0, 0.1) is 0 Å². The van der Waals surface area contributed by atoms with Gasteiger partial charge in [-0.25, -0.2) is 4.90 Å². The zero-order chi connectivity index (χ0) is 22.8. The molecule has 1 aliphatic heterocycles. The van der Waals surface area contributed by atoms with Gasteiger partial charge >= 0.3 is 0 Å². The summed E-state index contributed by atoms with van der Waals surface area (Å²) in [5, 5.41) is 7.71. The van der Waals surface area contributed by atoms with Gasteiger partial charge < -0.3 is 15.5 Å². The van der Waals surface area contributed by atoms with E-state index in [-0.39, 0.29) is 11.6 Å². The molecule has 0 unspecified atom stereocenters. The van der Waals surface area contributed by atoms with E-state index in [9.17, 15) is 14.4 Å². The van der Waals surface area contributed by atoms with Crippen molar-refractivity contribution in [2.45, 2.75) is 6.92 Å². The fraction of sp³-hybridized carbons (Fsp3) is 0.125. The number of nitrogens with zero attached hydrogens (tertiary/aromatic N) is 2. The van der Waals surface area contributed by atoms with Gasteiger partial charge in [0.25, 0.3) is 11.8 Å². The molecule has 3 aromatic rings. The van der Waals surface area contributed by atoms with Gasteiger partial charge in [0.15, 0.2) is 0 Å². The highest BCUT2D eigenvalue weighted by Gasteiger charge is 2.40. The van der Waals surface area contributed by atoms with Gasteiger partial charge in [-0.1, -0.05) is 6.07 Å². The Bertz CT molecular complexity index is 1200. The van der Waals surface area contributed by atoms with Crippen molar-refractivity contribution in [1.82, 2.24) is 0 Å². The molecule has 7 nitrogen and oxygen atoms in total. The van der Waals surface area contributed by atoms with Gasteiger partial charge in [0.1, 0.15) is 5.70 Å². The maximum absolute atomic E-state index is 13.4. The van der Waals surface area contributed by atoms with Crippen molar-refractivity contribution in [2.75, 3.05) is 34.5 Å². The molecule has 3 amide bonds. The van der Waals surface area contributed by atoms with E-state index in [0.29, 0.717) is 27.5 Å². The summed E-state index contributed by atoms with van der Waals surface area (Å²) in [6, 6.07) is 17.9. The third kappa shape index (κ3) is 4.13. The molecule has 2 heterocycles. The van der Waals surface area contributed by atoms with E-state index in [2.05, 4.69) is 10.6 Å². The van der Waals surface area contributed by atoms with Crippen LogP contribution in [-0.4, -0.2) is 31.8 Å². The second-order valence-electron chi connectivity index (χ2n) is 7.47. The number of anilines is 4. The molecule has 0 spiro atoms.